The number of fused-ring (bicyclic) bond motifs is 3. The lowest BCUT2D eigenvalue weighted by atomic mass is 10.1. The Labute approximate surface area is 186 Å². The summed E-state index contributed by atoms with van der Waals surface area (Å²) in [4.78, 5) is 16.7. The molecule has 0 amide bonds. The van der Waals surface area contributed by atoms with E-state index in [-0.39, 0.29) is 16.7 Å². The number of pyridine rings is 1. The number of hydrogen-bond acceptors (Lipinski definition) is 6. The van der Waals surface area contributed by atoms with Gasteiger partial charge in [-0.05, 0) is 57.5 Å². The molecule has 0 fully saturated rings. The summed E-state index contributed by atoms with van der Waals surface area (Å²) in [7, 11) is -2.68. The third-order valence-corrected chi connectivity index (χ3v) is 7.04. The number of carbonyl (C=O) groups excluding carboxylic acids is 1. The number of ether oxygens (including phenoxy) is 2. The monoisotopic (exact) mass is 452 g/mol. The summed E-state index contributed by atoms with van der Waals surface area (Å²) in [6, 6.07) is 12.0. The van der Waals surface area contributed by atoms with Gasteiger partial charge in [0.1, 0.15) is 5.75 Å². The quantitative estimate of drug-likeness (QED) is 0.411. The summed E-state index contributed by atoms with van der Waals surface area (Å²) in [6.07, 6.45) is 1.27. The predicted octanol–water partition coefficient (Wildman–Crippen LogP) is 4.62. The Hall–Kier alpha value is -3.39. The Bertz CT molecular complexity index is 1450. The van der Waals surface area contributed by atoms with Crippen LogP contribution in [0.5, 0.6) is 5.75 Å². The van der Waals surface area contributed by atoms with Gasteiger partial charge in [-0.15, -0.1) is 0 Å². The Kier molecular flexibility index (Phi) is 5.42. The van der Waals surface area contributed by atoms with Gasteiger partial charge >= 0.3 is 5.97 Å². The van der Waals surface area contributed by atoms with E-state index in [1.54, 1.807) is 49.4 Å². The highest BCUT2D eigenvalue weighted by molar-refractivity contribution is 7.90. The first-order valence-corrected chi connectivity index (χ1v) is 11.6. The lowest BCUT2D eigenvalue weighted by Crippen LogP contribution is -2.13. The van der Waals surface area contributed by atoms with Crippen LogP contribution in [0.2, 0.25) is 0 Å². The molecule has 0 saturated heterocycles. The molecule has 0 bridgehead atoms. The lowest BCUT2D eigenvalue weighted by molar-refractivity contribution is 0.0593. The van der Waals surface area contributed by atoms with E-state index in [4.69, 9.17) is 9.47 Å². The SMILES string of the molecule is COC(=O)c1ncc2c(c1C)c1c(OC(C)C)cccc1n2S(=O)(=O)c1ccc(C)cc1. The minimum Gasteiger partial charge on any atom is -0.490 e. The molecule has 0 atom stereocenters. The number of nitrogens with zero attached hydrogens (tertiary/aromatic N) is 2. The Morgan fingerprint density at radius 2 is 1.69 bits per heavy atom. The van der Waals surface area contributed by atoms with Gasteiger partial charge in [0, 0.05) is 5.39 Å². The average molecular weight is 453 g/mol. The number of benzene rings is 2. The summed E-state index contributed by atoms with van der Waals surface area (Å²) < 4.78 is 39.7. The second-order valence-electron chi connectivity index (χ2n) is 7.88. The maximum atomic E-state index is 13.8. The molecule has 0 radical (unpaired) electrons. The fourth-order valence-corrected chi connectivity index (χ4v) is 5.37. The van der Waals surface area contributed by atoms with Crippen LogP contribution in [0.25, 0.3) is 21.8 Å². The number of rotatable bonds is 5. The van der Waals surface area contributed by atoms with Crippen molar-refractivity contribution in [2.45, 2.75) is 38.7 Å². The van der Waals surface area contributed by atoms with E-state index in [2.05, 4.69) is 4.98 Å². The van der Waals surface area contributed by atoms with E-state index >= 15 is 0 Å². The van der Waals surface area contributed by atoms with E-state index in [1.165, 1.54) is 17.3 Å². The molecule has 2 aromatic carbocycles. The Morgan fingerprint density at radius 1 is 1.00 bits per heavy atom. The molecular formula is C24H24N2O5S. The molecule has 0 aliphatic heterocycles. The minimum absolute atomic E-state index is 0.130. The van der Waals surface area contributed by atoms with Crippen LogP contribution in [0.3, 0.4) is 0 Å². The van der Waals surface area contributed by atoms with Gasteiger partial charge in [-0.2, -0.15) is 0 Å². The van der Waals surface area contributed by atoms with Crippen LogP contribution in [0.1, 0.15) is 35.5 Å². The van der Waals surface area contributed by atoms with Crippen molar-refractivity contribution < 1.29 is 22.7 Å². The highest BCUT2D eigenvalue weighted by Crippen LogP contribution is 2.40. The van der Waals surface area contributed by atoms with Crippen molar-refractivity contribution in [2.75, 3.05) is 7.11 Å². The van der Waals surface area contributed by atoms with Gasteiger partial charge in [-0.3, -0.25) is 0 Å². The van der Waals surface area contributed by atoms with Crippen molar-refractivity contribution in [1.29, 1.82) is 0 Å². The molecule has 2 aromatic heterocycles. The first-order chi connectivity index (χ1) is 15.2. The standard InChI is InChI=1S/C24H24N2O5S/c1-14(2)31-20-8-6-7-18-22(20)21-16(4)23(24(27)30-5)25-13-19(21)26(18)32(28,29)17-11-9-15(3)10-12-17/h6-14H,1-5H3. The Balaban J connectivity index is 2.17. The minimum atomic E-state index is -3.96. The fourth-order valence-electron chi connectivity index (χ4n) is 3.87. The second-order valence-corrected chi connectivity index (χ2v) is 9.67. The maximum absolute atomic E-state index is 13.8. The molecule has 0 saturated carbocycles. The van der Waals surface area contributed by atoms with Gasteiger partial charge in [0.15, 0.2) is 5.69 Å². The van der Waals surface area contributed by atoms with Gasteiger partial charge in [0.2, 0.25) is 0 Å². The molecular weight excluding hydrogens is 428 g/mol. The number of methoxy groups -OCH3 is 1. The summed E-state index contributed by atoms with van der Waals surface area (Å²) in [5.41, 5.74) is 2.43. The van der Waals surface area contributed by atoms with Crippen LogP contribution in [0.15, 0.2) is 53.6 Å². The molecule has 4 rings (SSSR count). The third kappa shape index (κ3) is 3.40. The molecule has 0 aliphatic rings. The van der Waals surface area contributed by atoms with Gasteiger partial charge in [0.05, 0.1) is 40.7 Å². The number of hydrogen-bond donors (Lipinski definition) is 0. The van der Waals surface area contributed by atoms with Crippen molar-refractivity contribution in [3.05, 3.63) is 65.5 Å². The van der Waals surface area contributed by atoms with Gasteiger partial charge in [0.25, 0.3) is 10.0 Å². The summed E-state index contributed by atoms with van der Waals surface area (Å²) in [5, 5.41) is 1.19. The second kappa shape index (κ2) is 7.94. The molecule has 0 spiro atoms. The molecule has 0 N–H and O–H groups in total. The van der Waals surface area contributed by atoms with Gasteiger partial charge in [-0.1, -0.05) is 23.8 Å². The van der Waals surface area contributed by atoms with Crippen LogP contribution in [-0.2, 0) is 14.8 Å². The molecule has 0 aliphatic carbocycles. The van der Waals surface area contributed by atoms with Crippen LogP contribution in [0.4, 0.5) is 0 Å². The van der Waals surface area contributed by atoms with Crippen molar-refractivity contribution >= 4 is 37.8 Å². The van der Waals surface area contributed by atoms with E-state index in [1.807, 2.05) is 20.8 Å². The van der Waals surface area contributed by atoms with E-state index in [0.29, 0.717) is 33.1 Å². The molecule has 4 aromatic rings. The molecule has 0 unspecified atom stereocenters. The molecule has 7 nitrogen and oxygen atoms in total. The summed E-state index contributed by atoms with van der Waals surface area (Å²) in [6.45, 7) is 7.43. The van der Waals surface area contributed by atoms with E-state index in [0.717, 1.165) is 5.56 Å². The highest BCUT2D eigenvalue weighted by Gasteiger charge is 2.28. The zero-order valence-corrected chi connectivity index (χ0v) is 19.4. The number of carbonyl (C=O) groups is 1. The lowest BCUT2D eigenvalue weighted by Gasteiger charge is -2.12. The van der Waals surface area contributed by atoms with E-state index in [9.17, 15) is 13.2 Å². The molecule has 2 heterocycles. The average Bonchev–Trinajstić information content (AvgIpc) is 3.10. The van der Waals surface area contributed by atoms with Crippen molar-refractivity contribution in [3.63, 3.8) is 0 Å². The Morgan fingerprint density at radius 3 is 2.31 bits per heavy atom. The molecule has 166 valence electrons. The number of aromatic nitrogens is 2. The first kappa shape index (κ1) is 21.8. The molecule has 8 heteroatoms. The zero-order chi connectivity index (χ0) is 23.2. The zero-order valence-electron chi connectivity index (χ0n) is 18.5. The predicted molar refractivity (Wildman–Crippen MR) is 123 cm³/mol. The van der Waals surface area contributed by atoms with Gasteiger partial charge in [-0.25, -0.2) is 22.2 Å². The molecule has 32 heavy (non-hydrogen) atoms. The van der Waals surface area contributed by atoms with E-state index < -0.39 is 16.0 Å². The summed E-state index contributed by atoms with van der Waals surface area (Å²) >= 11 is 0. The smallest absolute Gasteiger partial charge is 0.356 e. The highest BCUT2D eigenvalue weighted by atomic mass is 32.2. The van der Waals surface area contributed by atoms with Gasteiger partial charge < -0.3 is 9.47 Å². The van der Waals surface area contributed by atoms with Crippen LogP contribution in [0, 0.1) is 13.8 Å². The van der Waals surface area contributed by atoms with Crippen molar-refractivity contribution in [3.8, 4) is 5.75 Å². The first-order valence-electron chi connectivity index (χ1n) is 10.2. The van der Waals surface area contributed by atoms with Crippen LogP contribution >= 0.6 is 0 Å². The number of esters is 1. The normalized spacial score (nSPS) is 11.9. The van der Waals surface area contributed by atoms with Crippen molar-refractivity contribution in [2.24, 2.45) is 0 Å². The van der Waals surface area contributed by atoms with Crippen LogP contribution < -0.4 is 4.74 Å². The van der Waals surface area contributed by atoms with Crippen molar-refractivity contribution in [1.82, 2.24) is 8.96 Å². The topological polar surface area (TPSA) is 87.5 Å². The fraction of sp³-hybridized carbons (Fsp3) is 0.250. The largest absolute Gasteiger partial charge is 0.490 e. The van der Waals surface area contributed by atoms with Crippen LogP contribution in [-0.4, -0.2) is 36.6 Å². The maximum Gasteiger partial charge on any atom is 0.356 e. The number of aryl methyl sites for hydroxylation is 2. The summed E-state index contributed by atoms with van der Waals surface area (Å²) in [5.74, 6) is -0.0561. The third-order valence-electron chi connectivity index (χ3n) is 5.29.